The largest absolute Gasteiger partial charge is 0.462 e. The molecule has 1 atom stereocenters. The second-order valence-corrected chi connectivity index (χ2v) is 18.1. The van der Waals surface area contributed by atoms with Crippen molar-refractivity contribution in [1.82, 2.24) is 0 Å². The third-order valence-corrected chi connectivity index (χ3v) is 11.9. The van der Waals surface area contributed by atoms with E-state index in [9.17, 15) is 14.4 Å². The van der Waals surface area contributed by atoms with Crippen LogP contribution in [0.3, 0.4) is 0 Å². The summed E-state index contributed by atoms with van der Waals surface area (Å²) in [5.74, 6) is -0.894. The number of unbranched alkanes of at least 4 members (excludes halogenated alkanes) is 34. The van der Waals surface area contributed by atoms with Crippen LogP contribution in [0, 0.1) is 0 Å². The maximum Gasteiger partial charge on any atom is 0.306 e. The van der Waals surface area contributed by atoms with E-state index < -0.39 is 6.10 Å². The SMILES string of the molecule is CCCC/C=C\CCCCCCC(=O)OCC(COC(=O)CCCCCCCCCCCCCCCCCCCCC)OC(=O)CCCCC/C=C\CCCCCCCCC. The van der Waals surface area contributed by atoms with Gasteiger partial charge in [0, 0.05) is 19.3 Å². The molecule has 0 aromatic heterocycles. The zero-order valence-corrected chi connectivity index (χ0v) is 40.9. The molecule has 0 rings (SSSR count). The minimum atomic E-state index is -0.778. The molecule has 6 nitrogen and oxygen atoms in total. The van der Waals surface area contributed by atoms with Gasteiger partial charge < -0.3 is 14.2 Å². The van der Waals surface area contributed by atoms with Gasteiger partial charge in [0.25, 0.3) is 0 Å². The van der Waals surface area contributed by atoms with Crippen molar-refractivity contribution < 1.29 is 28.6 Å². The molecule has 6 heteroatoms. The Labute approximate surface area is 379 Å². The number of carbonyl (C=O) groups excluding carboxylic acids is 3. The van der Waals surface area contributed by atoms with Crippen LogP contribution in [0.25, 0.3) is 0 Å². The van der Waals surface area contributed by atoms with Crippen molar-refractivity contribution in [3.05, 3.63) is 24.3 Å². The summed E-state index contributed by atoms with van der Waals surface area (Å²) in [7, 11) is 0. The lowest BCUT2D eigenvalue weighted by Gasteiger charge is -2.18. The van der Waals surface area contributed by atoms with Crippen LogP contribution in [0.5, 0.6) is 0 Å². The predicted octanol–water partition coefficient (Wildman–Crippen LogP) is 17.5. The third kappa shape index (κ3) is 48.8. The van der Waals surface area contributed by atoms with Gasteiger partial charge in [-0.15, -0.1) is 0 Å². The summed E-state index contributed by atoms with van der Waals surface area (Å²) in [6.07, 6.45) is 57.4. The van der Waals surface area contributed by atoms with Gasteiger partial charge in [-0.25, -0.2) is 0 Å². The fraction of sp³-hybridized carbons (Fsp3) is 0.873. The van der Waals surface area contributed by atoms with Gasteiger partial charge in [0.2, 0.25) is 0 Å². The lowest BCUT2D eigenvalue weighted by molar-refractivity contribution is -0.167. The Kier molecular flexibility index (Phi) is 48.8. The molecule has 0 aliphatic rings. The van der Waals surface area contributed by atoms with Crippen LogP contribution >= 0.6 is 0 Å². The van der Waals surface area contributed by atoms with Crippen LogP contribution in [0.1, 0.15) is 290 Å². The lowest BCUT2D eigenvalue weighted by atomic mass is 10.0. The van der Waals surface area contributed by atoms with Crippen molar-refractivity contribution in [2.45, 2.75) is 297 Å². The van der Waals surface area contributed by atoms with Gasteiger partial charge in [0.05, 0.1) is 0 Å². The average molecular weight is 859 g/mol. The molecule has 1 unspecified atom stereocenters. The average Bonchev–Trinajstić information content (AvgIpc) is 3.26. The third-order valence-electron chi connectivity index (χ3n) is 11.9. The van der Waals surface area contributed by atoms with Crippen LogP contribution in [0.15, 0.2) is 24.3 Å². The molecular formula is C55H102O6. The second-order valence-electron chi connectivity index (χ2n) is 18.1. The number of ether oxygens (including phenoxy) is 3. The number of carbonyl (C=O) groups is 3. The van der Waals surface area contributed by atoms with E-state index in [1.54, 1.807) is 0 Å². The van der Waals surface area contributed by atoms with Gasteiger partial charge >= 0.3 is 17.9 Å². The summed E-state index contributed by atoms with van der Waals surface area (Å²) in [6, 6.07) is 0. The van der Waals surface area contributed by atoms with E-state index in [0.717, 1.165) is 89.9 Å². The number of hydrogen-bond acceptors (Lipinski definition) is 6. The van der Waals surface area contributed by atoms with Gasteiger partial charge in [0.1, 0.15) is 13.2 Å². The molecule has 0 radical (unpaired) electrons. The molecule has 358 valence electrons. The Morgan fingerprint density at radius 3 is 0.885 bits per heavy atom. The molecule has 0 bridgehead atoms. The monoisotopic (exact) mass is 859 g/mol. The highest BCUT2D eigenvalue weighted by Gasteiger charge is 2.19. The van der Waals surface area contributed by atoms with E-state index >= 15 is 0 Å². The normalized spacial score (nSPS) is 12.1. The highest BCUT2D eigenvalue weighted by molar-refractivity contribution is 5.71. The van der Waals surface area contributed by atoms with E-state index in [2.05, 4.69) is 45.1 Å². The number of esters is 3. The Morgan fingerprint density at radius 2 is 0.557 bits per heavy atom. The molecule has 0 spiro atoms. The molecule has 0 N–H and O–H groups in total. The van der Waals surface area contributed by atoms with E-state index in [1.807, 2.05) is 0 Å². The maximum atomic E-state index is 12.8. The molecule has 0 fully saturated rings. The van der Waals surface area contributed by atoms with Gasteiger partial charge in [-0.1, -0.05) is 231 Å². The summed E-state index contributed by atoms with van der Waals surface area (Å²) in [4.78, 5) is 37.9. The number of allylic oxidation sites excluding steroid dienone is 4. The highest BCUT2D eigenvalue weighted by Crippen LogP contribution is 2.16. The van der Waals surface area contributed by atoms with Gasteiger partial charge in [-0.05, 0) is 64.2 Å². The quantitative estimate of drug-likeness (QED) is 0.0262. The number of hydrogen-bond donors (Lipinski definition) is 0. The van der Waals surface area contributed by atoms with Crippen molar-refractivity contribution in [1.29, 1.82) is 0 Å². The molecule has 0 aliphatic carbocycles. The summed E-state index contributed by atoms with van der Waals surface area (Å²) in [5.41, 5.74) is 0. The Balaban J connectivity index is 4.28. The minimum Gasteiger partial charge on any atom is -0.462 e. The Morgan fingerprint density at radius 1 is 0.311 bits per heavy atom. The smallest absolute Gasteiger partial charge is 0.306 e. The maximum absolute atomic E-state index is 12.8. The standard InChI is InChI=1S/C55H102O6/c1-4-7-10-13-16-19-22-24-26-27-28-29-30-32-33-36-39-42-45-48-54(57)60-51-52(50-59-53(56)47-44-41-38-35-21-18-15-12-9-6-3)61-55(58)49-46-43-40-37-34-31-25-23-20-17-14-11-8-5-2/h15,18,31,34,52H,4-14,16-17,19-30,32-33,35-51H2,1-3H3/b18-15-,34-31-. The van der Waals surface area contributed by atoms with E-state index in [-0.39, 0.29) is 31.1 Å². The lowest BCUT2D eigenvalue weighted by Crippen LogP contribution is -2.30. The molecule has 0 heterocycles. The van der Waals surface area contributed by atoms with Crippen LogP contribution in [-0.4, -0.2) is 37.2 Å². The Hall–Kier alpha value is -2.11. The van der Waals surface area contributed by atoms with Crippen LogP contribution in [0.2, 0.25) is 0 Å². The van der Waals surface area contributed by atoms with Crippen LogP contribution in [0.4, 0.5) is 0 Å². The number of rotatable bonds is 49. The van der Waals surface area contributed by atoms with E-state index in [1.165, 1.54) is 161 Å². The summed E-state index contributed by atoms with van der Waals surface area (Å²) in [6.45, 7) is 6.60. The van der Waals surface area contributed by atoms with Crippen molar-refractivity contribution in [2.75, 3.05) is 13.2 Å². The van der Waals surface area contributed by atoms with Crippen molar-refractivity contribution in [3.63, 3.8) is 0 Å². The first-order valence-corrected chi connectivity index (χ1v) is 26.8. The first-order valence-electron chi connectivity index (χ1n) is 26.8. The first-order chi connectivity index (χ1) is 30.0. The molecule has 0 saturated heterocycles. The van der Waals surface area contributed by atoms with Gasteiger partial charge in [0.15, 0.2) is 6.10 Å². The summed E-state index contributed by atoms with van der Waals surface area (Å²) in [5, 5.41) is 0. The molecular weight excluding hydrogens is 757 g/mol. The van der Waals surface area contributed by atoms with Crippen molar-refractivity contribution in [3.8, 4) is 0 Å². The predicted molar refractivity (Wildman–Crippen MR) is 261 cm³/mol. The molecule has 0 aromatic carbocycles. The van der Waals surface area contributed by atoms with E-state index in [4.69, 9.17) is 14.2 Å². The molecule has 0 amide bonds. The van der Waals surface area contributed by atoms with Gasteiger partial charge in [-0.2, -0.15) is 0 Å². The fourth-order valence-electron chi connectivity index (χ4n) is 7.83. The zero-order chi connectivity index (χ0) is 44.4. The first kappa shape index (κ1) is 58.9. The second kappa shape index (κ2) is 50.5. The Bertz CT molecular complexity index is 989. The molecule has 0 aromatic rings. The molecule has 0 saturated carbocycles. The molecule has 0 aliphatic heterocycles. The van der Waals surface area contributed by atoms with E-state index in [0.29, 0.717) is 19.3 Å². The van der Waals surface area contributed by atoms with Crippen molar-refractivity contribution >= 4 is 17.9 Å². The minimum absolute atomic E-state index is 0.0771. The summed E-state index contributed by atoms with van der Waals surface area (Å²) < 4.78 is 16.8. The highest BCUT2D eigenvalue weighted by atomic mass is 16.6. The topological polar surface area (TPSA) is 78.9 Å². The van der Waals surface area contributed by atoms with Gasteiger partial charge in [-0.3, -0.25) is 14.4 Å². The molecule has 61 heavy (non-hydrogen) atoms. The summed E-state index contributed by atoms with van der Waals surface area (Å²) >= 11 is 0. The van der Waals surface area contributed by atoms with Crippen molar-refractivity contribution in [2.24, 2.45) is 0 Å². The zero-order valence-electron chi connectivity index (χ0n) is 40.9. The van der Waals surface area contributed by atoms with Crippen LogP contribution < -0.4 is 0 Å². The van der Waals surface area contributed by atoms with Crippen LogP contribution in [-0.2, 0) is 28.6 Å². The fourth-order valence-corrected chi connectivity index (χ4v) is 7.83.